The number of nitrogens with zero attached hydrogens (tertiary/aromatic N) is 6. The van der Waals surface area contributed by atoms with Gasteiger partial charge in [0, 0.05) is 39.9 Å². The van der Waals surface area contributed by atoms with Gasteiger partial charge in [0.25, 0.3) is 12.3 Å². The molecular weight excluding hydrogens is 402 g/mol. The van der Waals surface area contributed by atoms with E-state index in [4.69, 9.17) is 13.7 Å². The summed E-state index contributed by atoms with van der Waals surface area (Å²) in [4.78, 5) is 17.9. The van der Waals surface area contributed by atoms with E-state index >= 15 is 0 Å². The van der Waals surface area contributed by atoms with Gasteiger partial charge in [0.1, 0.15) is 5.69 Å². The molecule has 1 amide bonds. The molecule has 0 N–H and O–H groups in total. The van der Waals surface area contributed by atoms with Gasteiger partial charge in [0.15, 0.2) is 5.65 Å². The fraction of sp³-hybridized carbons (Fsp3) is 0.273. The third-order valence-corrected chi connectivity index (χ3v) is 4.61. The molecule has 0 unspecified atom stereocenters. The number of amides is 1. The van der Waals surface area contributed by atoms with Gasteiger partial charge >= 0.3 is 0 Å². The SMILES string of the molecule is [2H]C([2H])([2H])C([2H])([2H])N(C(=O)c1cc(-c2ccnn2C)nc2c1c(C(F)F)nn2-c1ccccc1)C([2H])([2H])C([2H])([2H])[2H]. The lowest BCUT2D eigenvalue weighted by Crippen LogP contribution is -2.30. The summed E-state index contributed by atoms with van der Waals surface area (Å²) in [6, 6.07) is 10.2. The first kappa shape index (κ1) is 11.7. The number of rotatable bonds is 6. The molecule has 3 heterocycles. The number of carbonyl (C=O) groups is 1. The van der Waals surface area contributed by atoms with Gasteiger partial charge in [0.05, 0.1) is 28.0 Å². The molecule has 160 valence electrons. The average Bonchev–Trinajstić information content (AvgIpc) is 3.46. The lowest BCUT2D eigenvalue weighted by Gasteiger charge is -2.19. The number of alkyl halides is 2. The van der Waals surface area contributed by atoms with Crippen LogP contribution in [0.1, 0.15) is 49.9 Å². The van der Waals surface area contributed by atoms with Crippen LogP contribution in [0.25, 0.3) is 28.1 Å². The average molecular weight is 435 g/mol. The topological polar surface area (TPSA) is 68.8 Å². The van der Waals surface area contributed by atoms with Crippen LogP contribution >= 0.6 is 0 Å². The highest BCUT2D eigenvalue weighted by Crippen LogP contribution is 2.33. The summed E-state index contributed by atoms with van der Waals surface area (Å²) in [5.74, 6) is -1.82. The van der Waals surface area contributed by atoms with E-state index in [0.717, 1.165) is 10.7 Å². The van der Waals surface area contributed by atoms with Crippen molar-refractivity contribution < 1.29 is 27.3 Å². The minimum Gasteiger partial charge on any atom is -0.339 e. The number of hydrogen-bond donors (Lipinski definition) is 0. The number of pyridine rings is 1. The first-order valence-corrected chi connectivity index (χ1v) is 8.91. The molecule has 0 aliphatic heterocycles. The number of aryl methyl sites for hydroxylation is 1. The van der Waals surface area contributed by atoms with E-state index in [2.05, 4.69) is 15.2 Å². The van der Waals surface area contributed by atoms with Gasteiger partial charge in [-0.15, -0.1) is 0 Å². The van der Waals surface area contributed by atoms with E-state index < -0.39 is 60.6 Å². The van der Waals surface area contributed by atoms with E-state index in [-0.39, 0.29) is 22.7 Å². The predicted octanol–water partition coefficient (Wildman–Crippen LogP) is 4.24. The fourth-order valence-electron chi connectivity index (χ4n) is 3.22. The van der Waals surface area contributed by atoms with Crippen molar-refractivity contribution in [2.45, 2.75) is 20.1 Å². The minimum atomic E-state index is -3.91. The maximum Gasteiger partial charge on any atom is 0.282 e. The normalized spacial score (nSPS) is 17.9. The summed E-state index contributed by atoms with van der Waals surface area (Å²) < 4.78 is 110. The summed E-state index contributed by atoms with van der Waals surface area (Å²) in [5, 5.41) is 7.29. The summed E-state index contributed by atoms with van der Waals surface area (Å²) in [5.41, 5.74) is -1.78. The Labute approximate surface area is 192 Å². The fourth-order valence-corrected chi connectivity index (χ4v) is 3.22. The van der Waals surface area contributed by atoms with E-state index in [1.54, 1.807) is 18.2 Å². The molecule has 0 fully saturated rings. The molecule has 4 aromatic rings. The second kappa shape index (κ2) is 8.25. The minimum absolute atomic E-state index is 0.0809. The summed E-state index contributed by atoms with van der Waals surface area (Å²) >= 11 is 0. The van der Waals surface area contributed by atoms with Gasteiger partial charge < -0.3 is 4.90 Å². The van der Waals surface area contributed by atoms with Crippen molar-refractivity contribution in [2.24, 2.45) is 7.05 Å². The molecule has 3 aromatic heterocycles. The van der Waals surface area contributed by atoms with Crippen LogP contribution in [-0.4, -0.2) is 48.3 Å². The maximum absolute atomic E-state index is 14.4. The van der Waals surface area contributed by atoms with Crippen LogP contribution in [0.2, 0.25) is 0 Å². The Hall–Kier alpha value is -3.62. The maximum atomic E-state index is 14.4. The van der Waals surface area contributed by atoms with Crippen molar-refractivity contribution in [1.82, 2.24) is 29.4 Å². The number of benzene rings is 1. The monoisotopic (exact) mass is 434 g/mol. The van der Waals surface area contributed by atoms with Crippen molar-refractivity contribution in [2.75, 3.05) is 13.0 Å². The molecule has 0 saturated heterocycles. The lowest BCUT2D eigenvalue weighted by molar-refractivity contribution is 0.0774. The molecule has 4 rings (SSSR count). The third-order valence-electron chi connectivity index (χ3n) is 4.61. The summed E-state index contributed by atoms with van der Waals surface area (Å²) in [6.45, 7) is -15.3. The second-order valence-electron chi connectivity index (χ2n) is 6.39. The van der Waals surface area contributed by atoms with Crippen molar-refractivity contribution in [1.29, 1.82) is 0 Å². The van der Waals surface area contributed by atoms with Gasteiger partial charge in [-0.1, -0.05) is 18.2 Å². The van der Waals surface area contributed by atoms with Crippen LogP contribution in [0.15, 0.2) is 48.7 Å². The van der Waals surface area contributed by atoms with E-state index in [1.165, 1.54) is 36.1 Å². The zero-order valence-corrected chi connectivity index (χ0v) is 16.0. The van der Waals surface area contributed by atoms with Crippen LogP contribution in [0.3, 0.4) is 0 Å². The van der Waals surface area contributed by atoms with Gasteiger partial charge in [-0.2, -0.15) is 10.2 Å². The van der Waals surface area contributed by atoms with Crippen molar-refractivity contribution in [3.63, 3.8) is 0 Å². The number of carbonyl (C=O) groups excluding carboxylic acids is 1. The van der Waals surface area contributed by atoms with E-state index in [9.17, 15) is 13.6 Å². The van der Waals surface area contributed by atoms with Crippen molar-refractivity contribution in [3.8, 4) is 17.1 Å². The molecule has 1 aromatic carbocycles. The lowest BCUT2D eigenvalue weighted by atomic mass is 10.1. The highest BCUT2D eigenvalue weighted by molar-refractivity contribution is 6.07. The highest BCUT2D eigenvalue weighted by atomic mass is 19.3. The number of aromatic nitrogens is 5. The second-order valence-corrected chi connectivity index (χ2v) is 6.39. The Bertz CT molecular complexity index is 1570. The number of halogens is 2. The summed E-state index contributed by atoms with van der Waals surface area (Å²) in [6.07, 6.45) is -1.96. The summed E-state index contributed by atoms with van der Waals surface area (Å²) in [7, 11) is 1.51. The molecule has 0 atom stereocenters. The molecule has 0 saturated carbocycles. The first-order chi connectivity index (χ1) is 18.8. The van der Waals surface area contributed by atoms with Crippen molar-refractivity contribution in [3.05, 3.63) is 59.9 Å². The number of hydrogen-bond acceptors (Lipinski definition) is 4. The van der Waals surface area contributed by atoms with Crippen LogP contribution in [0.4, 0.5) is 8.78 Å². The van der Waals surface area contributed by atoms with Gasteiger partial charge in [0.2, 0.25) is 0 Å². The molecule has 0 bridgehead atoms. The molecule has 9 heteroatoms. The van der Waals surface area contributed by atoms with E-state index in [0.29, 0.717) is 0 Å². The standard InChI is InChI=1S/C22H22F2N6O/c1-4-29(5-2)22(31)15-13-16(17-11-12-25-28(17)3)26-21-18(15)19(20(23)24)27-30(21)14-9-7-6-8-10-14/h6-13,20H,4-5H2,1-3H3/i1D3,2D3,4D2,5D2. The Morgan fingerprint density at radius 1 is 1.23 bits per heavy atom. The van der Waals surface area contributed by atoms with Crippen LogP contribution in [-0.2, 0) is 7.05 Å². The molecule has 31 heavy (non-hydrogen) atoms. The van der Waals surface area contributed by atoms with Crippen LogP contribution in [0.5, 0.6) is 0 Å². The Kier molecular flexibility index (Phi) is 3.11. The Balaban J connectivity index is 2.16. The molecular formula is C22H22F2N6O. The van der Waals surface area contributed by atoms with Gasteiger partial charge in [-0.3, -0.25) is 9.48 Å². The third kappa shape index (κ3) is 3.56. The largest absolute Gasteiger partial charge is 0.339 e. The smallest absolute Gasteiger partial charge is 0.282 e. The first-order valence-electron chi connectivity index (χ1n) is 13.9. The zero-order valence-electron chi connectivity index (χ0n) is 26.0. The molecule has 0 radical (unpaired) electrons. The number of para-hydroxylation sites is 1. The van der Waals surface area contributed by atoms with Crippen molar-refractivity contribution >= 4 is 16.9 Å². The Morgan fingerprint density at radius 3 is 2.58 bits per heavy atom. The molecule has 0 spiro atoms. The molecule has 7 nitrogen and oxygen atoms in total. The Morgan fingerprint density at radius 2 is 1.97 bits per heavy atom. The van der Waals surface area contributed by atoms with Gasteiger partial charge in [-0.05, 0) is 38.0 Å². The predicted molar refractivity (Wildman–Crippen MR) is 113 cm³/mol. The zero-order chi connectivity index (χ0) is 30.7. The molecule has 0 aliphatic carbocycles. The highest BCUT2D eigenvalue weighted by Gasteiger charge is 2.28. The molecule has 0 aliphatic rings. The van der Waals surface area contributed by atoms with E-state index in [1.807, 2.05) is 0 Å². The van der Waals surface area contributed by atoms with Crippen LogP contribution < -0.4 is 0 Å². The quantitative estimate of drug-likeness (QED) is 0.455. The number of fused-ring (bicyclic) bond motifs is 1. The van der Waals surface area contributed by atoms with Crippen LogP contribution in [0, 0.1) is 0 Å². The van der Waals surface area contributed by atoms with Gasteiger partial charge in [-0.25, -0.2) is 18.4 Å².